The zero-order valence-electron chi connectivity index (χ0n) is 12.0. The number of nitrogens with one attached hydrogen (secondary N) is 1. The summed E-state index contributed by atoms with van der Waals surface area (Å²) in [5.74, 6) is 1.46. The van der Waals surface area contributed by atoms with Gasteiger partial charge in [0.25, 0.3) is 0 Å². The predicted octanol–water partition coefficient (Wildman–Crippen LogP) is -0.543. The largest absolute Gasteiger partial charge is 0.346 e. The first kappa shape index (κ1) is 13.5. The van der Waals surface area contributed by atoms with E-state index in [4.69, 9.17) is 0 Å². The third-order valence-electron chi connectivity index (χ3n) is 3.67. The van der Waals surface area contributed by atoms with E-state index in [1.165, 1.54) is 4.68 Å². The van der Waals surface area contributed by atoms with Crippen molar-refractivity contribution in [2.24, 2.45) is 7.05 Å². The summed E-state index contributed by atoms with van der Waals surface area (Å²) in [5.41, 5.74) is -0.228. The second kappa shape index (κ2) is 5.15. The van der Waals surface area contributed by atoms with E-state index >= 15 is 0 Å². The van der Waals surface area contributed by atoms with Crippen molar-refractivity contribution >= 4 is 11.9 Å². The predicted molar refractivity (Wildman–Crippen MR) is 73.8 cm³/mol. The Morgan fingerprint density at radius 3 is 2.81 bits per heavy atom. The molecule has 3 heterocycles. The van der Waals surface area contributed by atoms with Crippen molar-refractivity contribution in [1.82, 2.24) is 29.1 Å². The smallest absolute Gasteiger partial charge is 0.300 e. The second-order valence-corrected chi connectivity index (χ2v) is 5.14. The molecule has 3 rings (SSSR count). The molecule has 0 saturated carbocycles. The number of hydrogen-bond donors (Lipinski definition) is 1. The molecule has 1 amide bonds. The fraction of sp³-hybridized carbons (Fsp3) is 0.583. The number of aryl methyl sites for hydroxylation is 2. The number of rotatable bonds is 3. The Bertz CT molecular complexity index is 739. The van der Waals surface area contributed by atoms with Crippen LogP contribution in [0.4, 0.5) is 5.95 Å². The monoisotopic (exact) mass is 291 g/mol. The van der Waals surface area contributed by atoms with Crippen LogP contribution >= 0.6 is 0 Å². The SMILES string of the molecule is Cc1nnc(NC(=O)Cn2nc3n(c2=O)CCCC3)n1C. The highest BCUT2D eigenvalue weighted by Crippen LogP contribution is 2.09. The summed E-state index contributed by atoms with van der Waals surface area (Å²) in [6, 6.07) is 0. The van der Waals surface area contributed by atoms with Gasteiger partial charge >= 0.3 is 5.69 Å². The van der Waals surface area contributed by atoms with Gasteiger partial charge in [-0.15, -0.1) is 10.2 Å². The molecule has 0 aliphatic carbocycles. The summed E-state index contributed by atoms with van der Waals surface area (Å²) in [6.07, 6.45) is 2.79. The maximum Gasteiger partial charge on any atom is 0.346 e. The summed E-state index contributed by atoms with van der Waals surface area (Å²) in [4.78, 5) is 24.1. The molecule has 0 saturated heterocycles. The quantitative estimate of drug-likeness (QED) is 0.818. The molecule has 0 unspecified atom stereocenters. The van der Waals surface area contributed by atoms with Gasteiger partial charge in [-0.1, -0.05) is 0 Å². The molecule has 2 aromatic rings. The van der Waals surface area contributed by atoms with E-state index in [2.05, 4.69) is 20.6 Å². The maximum absolute atomic E-state index is 12.1. The van der Waals surface area contributed by atoms with Gasteiger partial charge in [0.15, 0.2) is 0 Å². The molecule has 0 atom stereocenters. The first-order valence-electron chi connectivity index (χ1n) is 6.88. The van der Waals surface area contributed by atoms with Gasteiger partial charge in [0, 0.05) is 20.0 Å². The van der Waals surface area contributed by atoms with Gasteiger partial charge in [0.2, 0.25) is 11.9 Å². The average Bonchev–Trinajstić information content (AvgIpc) is 2.94. The highest BCUT2D eigenvalue weighted by atomic mass is 16.2. The van der Waals surface area contributed by atoms with Crippen LogP contribution in [0.3, 0.4) is 0 Å². The van der Waals surface area contributed by atoms with Crippen molar-refractivity contribution in [2.75, 3.05) is 5.32 Å². The molecule has 0 fully saturated rings. The van der Waals surface area contributed by atoms with Crippen LogP contribution in [0.1, 0.15) is 24.5 Å². The zero-order chi connectivity index (χ0) is 15.0. The first-order chi connectivity index (χ1) is 10.1. The molecular formula is C12H17N7O2. The molecular weight excluding hydrogens is 274 g/mol. The fourth-order valence-electron chi connectivity index (χ4n) is 2.37. The molecule has 1 aliphatic heterocycles. The van der Waals surface area contributed by atoms with E-state index in [0.717, 1.165) is 25.1 Å². The summed E-state index contributed by atoms with van der Waals surface area (Å²) in [5, 5.41) is 14.6. The van der Waals surface area contributed by atoms with E-state index in [0.29, 0.717) is 18.3 Å². The Hall–Kier alpha value is -2.45. The number of aromatic nitrogens is 6. The van der Waals surface area contributed by atoms with E-state index in [-0.39, 0.29) is 18.1 Å². The number of hydrogen-bond acceptors (Lipinski definition) is 5. The van der Waals surface area contributed by atoms with Gasteiger partial charge in [-0.3, -0.25) is 14.7 Å². The third kappa shape index (κ3) is 2.46. The number of fused-ring (bicyclic) bond motifs is 1. The molecule has 9 heteroatoms. The van der Waals surface area contributed by atoms with Crippen LogP contribution in [0.2, 0.25) is 0 Å². The Morgan fingerprint density at radius 2 is 2.14 bits per heavy atom. The van der Waals surface area contributed by atoms with Crippen LogP contribution < -0.4 is 11.0 Å². The van der Waals surface area contributed by atoms with Crippen molar-refractivity contribution in [2.45, 2.75) is 39.3 Å². The first-order valence-corrected chi connectivity index (χ1v) is 6.88. The van der Waals surface area contributed by atoms with Crippen molar-refractivity contribution in [3.8, 4) is 0 Å². The lowest BCUT2D eigenvalue weighted by Crippen LogP contribution is -2.31. The molecule has 0 radical (unpaired) electrons. The minimum absolute atomic E-state index is 0.120. The number of amides is 1. The van der Waals surface area contributed by atoms with Gasteiger partial charge in [0.05, 0.1) is 0 Å². The van der Waals surface area contributed by atoms with Crippen molar-refractivity contribution in [3.63, 3.8) is 0 Å². The van der Waals surface area contributed by atoms with Crippen molar-refractivity contribution < 1.29 is 4.79 Å². The summed E-state index contributed by atoms with van der Waals surface area (Å²) >= 11 is 0. The Labute approximate surface area is 120 Å². The Balaban J connectivity index is 1.75. The highest BCUT2D eigenvalue weighted by Gasteiger charge is 2.18. The third-order valence-corrected chi connectivity index (χ3v) is 3.67. The standard InChI is InChI=1S/C12H17N7O2/c1-8-14-15-11(17(8)2)13-10(20)7-19-12(21)18-6-4-3-5-9(18)16-19/h3-7H2,1-2H3,(H,13,15,20). The van der Waals surface area contributed by atoms with Crippen LogP contribution in [0.25, 0.3) is 0 Å². The van der Waals surface area contributed by atoms with E-state index in [9.17, 15) is 9.59 Å². The molecule has 0 aromatic carbocycles. The van der Waals surface area contributed by atoms with Gasteiger partial charge < -0.3 is 4.57 Å². The minimum atomic E-state index is -0.344. The van der Waals surface area contributed by atoms with Gasteiger partial charge in [-0.25, -0.2) is 9.48 Å². The minimum Gasteiger partial charge on any atom is -0.300 e. The molecule has 21 heavy (non-hydrogen) atoms. The number of carbonyl (C=O) groups excluding carboxylic acids is 1. The second-order valence-electron chi connectivity index (χ2n) is 5.14. The molecule has 1 N–H and O–H groups in total. The molecule has 1 aliphatic rings. The van der Waals surface area contributed by atoms with Gasteiger partial charge in [-0.2, -0.15) is 5.10 Å². The van der Waals surface area contributed by atoms with E-state index in [1.54, 1.807) is 23.1 Å². The zero-order valence-corrected chi connectivity index (χ0v) is 12.0. The number of nitrogens with zero attached hydrogens (tertiary/aromatic N) is 6. The lowest BCUT2D eigenvalue weighted by Gasteiger charge is -2.09. The topological polar surface area (TPSA) is 99.6 Å². The van der Waals surface area contributed by atoms with Crippen LogP contribution in [-0.2, 0) is 31.4 Å². The fourth-order valence-corrected chi connectivity index (χ4v) is 2.37. The Kier molecular flexibility index (Phi) is 3.32. The summed E-state index contributed by atoms with van der Waals surface area (Å²) in [6.45, 7) is 2.35. The molecule has 112 valence electrons. The molecule has 0 bridgehead atoms. The summed E-state index contributed by atoms with van der Waals surface area (Å²) in [7, 11) is 1.76. The van der Waals surface area contributed by atoms with E-state index in [1.807, 2.05) is 0 Å². The maximum atomic E-state index is 12.1. The summed E-state index contributed by atoms with van der Waals surface area (Å²) < 4.78 is 4.52. The van der Waals surface area contributed by atoms with Crippen LogP contribution in [0.15, 0.2) is 4.79 Å². The number of anilines is 1. The van der Waals surface area contributed by atoms with Crippen LogP contribution in [0, 0.1) is 6.92 Å². The van der Waals surface area contributed by atoms with Gasteiger partial charge in [0.1, 0.15) is 18.2 Å². The van der Waals surface area contributed by atoms with Gasteiger partial charge in [-0.05, 0) is 19.8 Å². The number of carbonyl (C=O) groups is 1. The Morgan fingerprint density at radius 1 is 1.33 bits per heavy atom. The van der Waals surface area contributed by atoms with Crippen molar-refractivity contribution in [1.29, 1.82) is 0 Å². The average molecular weight is 291 g/mol. The van der Waals surface area contributed by atoms with E-state index < -0.39 is 0 Å². The lowest BCUT2D eigenvalue weighted by molar-refractivity contribution is -0.117. The van der Waals surface area contributed by atoms with Crippen LogP contribution in [0.5, 0.6) is 0 Å². The molecule has 0 spiro atoms. The van der Waals surface area contributed by atoms with Crippen LogP contribution in [-0.4, -0.2) is 35.0 Å². The highest BCUT2D eigenvalue weighted by molar-refractivity contribution is 5.88. The molecule has 9 nitrogen and oxygen atoms in total. The molecule has 2 aromatic heterocycles. The lowest BCUT2D eigenvalue weighted by atomic mass is 10.2. The normalized spacial score (nSPS) is 14.0. The van der Waals surface area contributed by atoms with Crippen molar-refractivity contribution in [3.05, 3.63) is 22.1 Å².